The van der Waals surface area contributed by atoms with Crippen molar-refractivity contribution in [1.82, 2.24) is 24.8 Å². The van der Waals surface area contributed by atoms with Crippen LogP contribution in [0.2, 0.25) is 0 Å². The molecule has 0 radical (unpaired) electrons. The molecule has 6 nitrogen and oxygen atoms in total. The number of benzene rings is 1. The maximum Gasteiger partial charge on any atom is 0.227 e. The van der Waals surface area contributed by atoms with E-state index in [-0.39, 0.29) is 0 Å². The molecule has 0 aliphatic heterocycles. The van der Waals surface area contributed by atoms with Gasteiger partial charge in [0.15, 0.2) is 0 Å². The van der Waals surface area contributed by atoms with Crippen molar-refractivity contribution >= 4 is 11.6 Å². The van der Waals surface area contributed by atoms with Gasteiger partial charge in [0, 0.05) is 24.8 Å². The molecule has 0 bridgehead atoms. The van der Waals surface area contributed by atoms with Crippen molar-refractivity contribution in [3.8, 4) is 11.4 Å². The largest absolute Gasteiger partial charge is 0.341 e. The molecule has 1 unspecified atom stereocenters. The van der Waals surface area contributed by atoms with Crippen molar-refractivity contribution in [3.63, 3.8) is 0 Å². The molecule has 0 fully saturated rings. The van der Waals surface area contributed by atoms with Crippen molar-refractivity contribution in [2.45, 2.75) is 13.3 Å². The Bertz CT molecular complexity index is 796. The van der Waals surface area contributed by atoms with E-state index in [1.54, 1.807) is 6.20 Å². The molecule has 6 heteroatoms. The second-order valence-electron chi connectivity index (χ2n) is 6.57. The highest BCUT2D eigenvalue weighted by Gasteiger charge is 2.10. The maximum absolute atomic E-state index is 4.58. The summed E-state index contributed by atoms with van der Waals surface area (Å²) >= 11 is 0. The zero-order chi connectivity index (χ0) is 17.6. The monoisotopic (exact) mass is 336 g/mol. The zero-order valence-electron chi connectivity index (χ0n) is 14.9. The van der Waals surface area contributed by atoms with Crippen LogP contribution in [0.15, 0.2) is 48.8 Å². The zero-order valence-corrected chi connectivity index (χ0v) is 14.9. The molecule has 0 amide bonds. The number of H-pyrrole nitrogens is 1. The number of nitrogens with zero attached hydrogens (tertiary/aromatic N) is 4. The first-order valence-corrected chi connectivity index (χ1v) is 8.44. The lowest BCUT2D eigenvalue weighted by atomic mass is 10.1. The Balaban J connectivity index is 1.71. The fourth-order valence-electron chi connectivity index (χ4n) is 2.83. The minimum absolute atomic E-state index is 0.537. The maximum atomic E-state index is 4.58. The van der Waals surface area contributed by atoms with Gasteiger partial charge in [0.25, 0.3) is 0 Å². The van der Waals surface area contributed by atoms with E-state index in [0.29, 0.717) is 11.9 Å². The highest BCUT2D eigenvalue weighted by molar-refractivity contribution is 5.58. The van der Waals surface area contributed by atoms with Gasteiger partial charge in [0.1, 0.15) is 5.82 Å². The van der Waals surface area contributed by atoms with Crippen molar-refractivity contribution in [1.29, 1.82) is 0 Å². The topological polar surface area (TPSA) is 69.7 Å². The minimum Gasteiger partial charge on any atom is -0.341 e. The van der Waals surface area contributed by atoms with E-state index in [0.717, 1.165) is 35.9 Å². The van der Waals surface area contributed by atoms with Crippen LogP contribution in [0.3, 0.4) is 0 Å². The van der Waals surface area contributed by atoms with Crippen molar-refractivity contribution in [2.24, 2.45) is 5.92 Å². The van der Waals surface area contributed by atoms with Gasteiger partial charge < -0.3 is 15.2 Å². The predicted octanol–water partition coefficient (Wildman–Crippen LogP) is 3.35. The van der Waals surface area contributed by atoms with E-state index in [1.807, 2.05) is 42.6 Å². The molecule has 0 saturated carbocycles. The van der Waals surface area contributed by atoms with E-state index in [4.69, 9.17) is 0 Å². The normalized spacial score (nSPS) is 12.3. The number of nitrogens with one attached hydrogen (secondary N) is 2. The molecule has 2 heterocycles. The molecule has 25 heavy (non-hydrogen) atoms. The highest BCUT2D eigenvalue weighted by atomic mass is 15.1. The summed E-state index contributed by atoms with van der Waals surface area (Å²) < 4.78 is 0. The number of aromatic nitrogens is 4. The van der Waals surface area contributed by atoms with Crippen LogP contribution in [0.5, 0.6) is 0 Å². The Morgan fingerprint density at radius 2 is 1.92 bits per heavy atom. The molecule has 1 aromatic carbocycles. The number of anilines is 2. The van der Waals surface area contributed by atoms with Crippen LogP contribution in [-0.2, 0) is 6.42 Å². The summed E-state index contributed by atoms with van der Waals surface area (Å²) in [7, 11) is 4.18. The van der Waals surface area contributed by atoms with E-state index in [9.17, 15) is 0 Å². The number of hydrogen-bond acceptors (Lipinski definition) is 5. The molecule has 0 aliphatic carbocycles. The van der Waals surface area contributed by atoms with Crippen LogP contribution in [0.4, 0.5) is 11.6 Å². The smallest absolute Gasteiger partial charge is 0.227 e. The summed E-state index contributed by atoms with van der Waals surface area (Å²) in [4.78, 5) is 18.9. The number of para-hydroxylation sites is 1. The van der Waals surface area contributed by atoms with E-state index >= 15 is 0 Å². The fourth-order valence-corrected chi connectivity index (χ4v) is 2.83. The SMILES string of the molecule is CC(Cc1ncc(-c2ccnc(Nc3ccccc3)n2)[nH]1)CN(C)C. The summed E-state index contributed by atoms with van der Waals surface area (Å²) in [5.74, 6) is 2.09. The Morgan fingerprint density at radius 1 is 1.12 bits per heavy atom. The van der Waals surface area contributed by atoms with Crippen LogP contribution in [0, 0.1) is 5.92 Å². The highest BCUT2D eigenvalue weighted by Crippen LogP contribution is 2.18. The quantitative estimate of drug-likeness (QED) is 0.692. The lowest BCUT2D eigenvalue weighted by Crippen LogP contribution is -2.21. The summed E-state index contributed by atoms with van der Waals surface area (Å²) in [5, 5.41) is 3.21. The molecule has 1 atom stereocenters. The molecular weight excluding hydrogens is 312 g/mol. The third-order valence-corrected chi connectivity index (χ3v) is 3.81. The summed E-state index contributed by atoms with van der Waals surface area (Å²) in [5.41, 5.74) is 2.69. The average Bonchev–Trinajstić information content (AvgIpc) is 3.03. The Labute approximate surface area is 148 Å². The van der Waals surface area contributed by atoms with Gasteiger partial charge in [-0.15, -0.1) is 0 Å². The third kappa shape index (κ3) is 4.87. The lowest BCUT2D eigenvalue weighted by molar-refractivity contribution is 0.336. The first-order valence-electron chi connectivity index (χ1n) is 8.44. The summed E-state index contributed by atoms with van der Waals surface area (Å²) in [6.07, 6.45) is 4.51. The van der Waals surface area contributed by atoms with Gasteiger partial charge in [-0.3, -0.25) is 0 Å². The van der Waals surface area contributed by atoms with Gasteiger partial charge in [-0.05, 0) is 38.2 Å². The van der Waals surface area contributed by atoms with Crippen LogP contribution in [0.25, 0.3) is 11.4 Å². The number of aromatic amines is 1. The average molecular weight is 336 g/mol. The second kappa shape index (κ2) is 7.90. The van der Waals surface area contributed by atoms with E-state index in [1.165, 1.54) is 0 Å². The van der Waals surface area contributed by atoms with Gasteiger partial charge >= 0.3 is 0 Å². The number of imidazole rings is 1. The van der Waals surface area contributed by atoms with Crippen LogP contribution in [0.1, 0.15) is 12.7 Å². The van der Waals surface area contributed by atoms with Gasteiger partial charge in [0.05, 0.1) is 17.6 Å². The van der Waals surface area contributed by atoms with Gasteiger partial charge in [-0.2, -0.15) is 0 Å². The molecule has 2 aromatic heterocycles. The Hall–Kier alpha value is -2.73. The molecule has 3 aromatic rings. The molecular formula is C19H24N6. The molecule has 130 valence electrons. The fraction of sp³-hybridized carbons (Fsp3) is 0.316. The molecule has 3 rings (SSSR count). The molecule has 0 spiro atoms. The van der Waals surface area contributed by atoms with Crippen LogP contribution >= 0.6 is 0 Å². The van der Waals surface area contributed by atoms with Crippen molar-refractivity contribution in [2.75, 3.05) is 26.0 Å². The Kier molecular flexibility index (Phi) is 5.40. The minimum atomic E-state index is 0.537. The van der Waals surface area contributed by atoms with Crippen molar-refractivity contribution < 1.29 is 0 Å². The van der Waals surface area contributed by atoms with Crippen LogP contribution in [-0.4, -0.2) is 45.5 Å². The third-order valence-electron chi connectivity index (χ3n) is 3.81. The number of hydrogen-bond donors (Lipinski definition) is 2. The summed E-state index contributed by atoms with van der Waals surface area (Å²) in [6.45, 7) is 3.27. The lowest BCUT2D eigenvalue weighted by Gasteiger charge is -2.15. The molecule has 0 aliphatic rings. The van der Waals surface area contributed by atoms with Gasteiger partial charge in [-0.25, -0.2) is 15.0 Å². The van der Waals surface area contributed by atoms with Gasteiger partial charge in [0.2, 0.25) is 5.95 Å². The first kappa shape index (κ1) is 17.1. The predicted molar refractivity (Wildman–Crippen MR) is 101 cm³/mol. The molecule has 2 N–H and O–H groups in total. The Morgan fingerprint density at radius 3 is 2.68 bits per heavy atom. The standard InChI is InChI=1S/C19H24N6/c1-14(13-25(2)3)11-18-21-12-17(23-18)16-9-10-20-19(24-16)22-15-7-5-4-6-8-15/h4-10,12,14H,11,13H2,1-3H3,(H,21,23)(H,20,22,24). The van der Waals surface area contributed by atoms with E-state index in [2.05, 4.69) is 51.2 Å². The van der Waals surface area contributed by atoms with E-state index < -0.39 is 0 Å². The van der Waals surface area contributed by atoms with Gasteiger partial charge in [-0.1, -0.05) is 25.1 Å². The van der Waals surface area contributed by atoms with Crippen molar-refractivity contribution in [3.05, 3.63) is 54.6 Å². The molecule has 0 saturated heterocycles. The number of rotatable bonds is 7. The first-order chi connectivity index (χ1) is 12.1. The van der Waals surface area contributed by atoms with Crippen LogP contribution < -0.4 is 5.32 Å². The second-order valence-corrected chi connectivity index (χ2v) is 6.57. The summed E-state index contributed by atoms with van der Waals surface area (Å²) in [6, 6.07) is 11.8.